The van der Waals surface area contributed by atoms with Crippen molar-refractivity contribution in [3.05, 3.63) is 58.2 Å². The Morgan fingerprint density at radius 2 is 2.18 bits per heavy atom. The molecule has 0 spiro atoms. The predicted octanol–water partition coefficient (Wildman–Crippen LogP) is 4.93. The van der Waals surface area contributed by atoms with E-state index in [0.717, 1.165) is 15.6 Å². The number of aliphatic imine (C=N–C) groups is 1. The Hall–Kier alpha value is -2.23. The maximum atomic E-state index is 14.5. The number of anilines is 1. The summed E-state index contributed by atoms with van der Waals surface area (Å²) in [5.74, 6) is 0.0770. The lowest BCUT2D eigenvalue weighted by molar-refractivity contribution is 0.102. The Morgan fingerprint density at radius 1 is 1.32 bits per heavy atom. The van der Waals surface area contributed by atoms with E-state index in [9.17, 15) is 9.18 Å². The number of amides is 1. The maximum Gasteiger partial charge on any atom is 0.275 e. The zero-order chi connectivity index (χ0) is 19.7. The lowest BCUT2D eigenvalue weighted by atomic mass is 9.89. The first-order valence-electron chi connectivity index (χ1n) is 8.53. The predicted molar refractivity (Wildman–Crippen MR) is 116 cm³/mol. The first-order valence-corrected chi connectivity index (χ1v) is 11.3. The number of benzene rings is 1. The van der Waals surface area contributed by atoms with Gasteiger partial charge in [-0.25, -0.2) is 9.37 Å². The van der Waals surface area contributed by atoms with Gasteiger partial charge in [-0.2, -0.15) is 0 Å². The van der Waals surface area contributed by atoms with Crippen LogP contribution in [0.25, 0.3) is 9.88 Å². The SMILES string of the molecule is CC1(c2cc(NC(=O)c3csc(-c4cccs4)n3)ccc2F)CCSC(N)=N1. The maximum absolute atomic E-state index is 14.5. The number of aromatic nitrogens is 1. The number of carbonyl (C=O) groups is 1. The van der Waals surface area contributed by atoms with Crippen LogP contribution in [0, 0.1) is 5.82 Å². The lowest BCUT2D eigenvalue weighted by Gasteiger charge is -2.30. The summed E-state index contributed by atoms with van der Waals surface area (Å²) in [6, 6.07) is 8.43. The molecule has 0 saturated heterocycles. The quantitative estimate of drug-likeness (QED) is 0.613. The van der Waals surface area contributed by atoms with Gasteiger partial charge in [-0.1, -0.05) is 17.8 Å². The minimum atomic E-state index is -0.743. The molecular weight excluding hydrogens is 415 g/mol. The highest BCUT2D eigenvalue weighted by atomic mass is 32.2. The number of nitrogens with one attached hydrogen (secondary N) is 1. The van der Waals surface area contributed by atoms with E-state index in [1.807, 2.05) is 24.4 Å². The van der Waals surface area contributed by atoms with E-state index < -0.39 is 5.54 Å². The van der Waals surface area contributed by atoms with E-state index in [2.05, 4.69) is 15.3 Å². The number of thiophene rings is 1. The number of hydrogen-bond acceptors (Lipinski definition) is 7. The molecule has 3 aromatic rings. The Kier molecular flexibility index (Phi) is 5.22. The summed E-state index contributed by atoms with van der Waals surface area (Å²) in [6.45, 7) is 1.86. The fourth-order valence-corrected chi connectivity index (χ4v) is 5.57. The molecule has 0 saturated carbocycles. The Bertz CT molecular complexity index is 1050. The average Bonchev–Trinajstić information content (AvgIpc) is 3.34. The fraction of sp³-hybridized carbons (Fsp3) is 0.211. The van der Waals surface area contributed by atoms with Crippen molar-refractivity contribution in [3.63, 3.8) is 0 Å². The summed E-state index contributed by atoms with van der Waals surface area (Å²) in [6.07, 6.45) is 0.670. The van der Waals surface area contributed by atoms with Gasteiger partial charge in [-0.15, -0.1) is 22.7 Å². The summed E-state index contributed by atoms with van der Waals surface area (Å²) in [5, 5.41) is 7.75. The molecule has 144 valence electrons. The van der Waals surface area contributed by atoms with Crippen LogP contribution >= 0.6 is 34.4 Å². The molecule has 0 fully saturated rings. The van der Waals surface area contributed by atoms with Gasteiger partial charge in [0.2, 0.25) is 0 Å². The van der Waals surface area contributed by atoms with Crippen molar-refractivity contribution in [1.29, 1.82) is 0 Å². The molecule has 28 heavy (non-hydrogen) atoms. The topological polar surface area (TPSA) is 80.4 Å². The second-order valence-electron chi connectivity index (χ2n) is 6.49. The molecule has 1 unspecified atom stereocenters. The molecule has 0 aliphatic carbocycles. The molecule has 2 aromatic heterocycles. The van der Waals surface area contributed by atoms with Gasteiger partial charge in [-0.05, 0) is 43.0 Å². The highest BCUT2D eigenvalue weighted by molar-refractivity contribution is 8.13. The van der Waals surface area contributed by atoms with Crippen LogP contribution in [0.4, 0.5) is 10.1 Å². The summed E-state index contributed by atoms with van der Waals surface area (Å²) in [5.41, 5.74) is 6.36. The largest absolute Gasteiger partial charge is 0.379 e. The van der Waals surface area contributed by atoms with Crippen molar-refractivity contribution >= 4 is 51.2 Å². The van der Waals surface area contributed by atoms with Gasteiger partial charge >= 0.3 is 0 Å². The third-order valence-electron chi connectivity index (χ3n) is 4.47. The molecule has 0 bridgehead atoms. The van der Waals surface area contributed by atoms with E-state index in [0.29, 0.717) is 28.5 Å². The van der Waals surface area contributed by atoms with Crippen LogP contribution in [-0.2, 0) is 5.54 Å². The molecule has 1 aliphatic heterocycles. The number of nitrogens with two attached hydrogens (primary N) is 1. The number of amidine groups is 1. The molecule has 9 heteroatoms. The zero-order valence-corrected chi connectivity index (χ0v) is 17.4. The van der Waals surface area contributed by atoms with Gasteiger partial charge in [0, 0.05) is 22.4 Å². The standard InChI is InChI=1S/C19H17FN4OS3/c1-19(6-8-27-18(21)24-19)12-9-11(4-5-13(12)20)22-16(25)14-10-28-17(23-14)15-3-2-7-26-15/h2-5,7,9-10H,6,8H2,1H3,(H2,21,24)(H,22,25). The fourth-order valence-electron chi connectivity index (χ4n) is 2.98. The minimum absolute atomic E-state index is 0.330. The Balaban J connectivity index is 1.57. The number of thioether (sulfide) groups is 1. The van der Waals surface area contributed by atoms with Gasteiger partial charge in [-0.3, -0.25) is 9.79 Å². The van der Waals surface area contributed by atoms with Crippen molar-refractivity contribution in [2.75, 3.05) is 11.1 Å². The summed E-state index contributed by atoms with van der Waals surface area (Å²) < 4.78 is 14.5. The monoisotopic (exact) mass is 432 g/mol. The van der Waals surface area contributed by atoms with Crippen LogP contribution in [0.2, 0.25) is 0 Å². The van der Waals surface area contributed by atoms with Crippen LogP contribution in [0.5, 0.6) is 0 Å². The summed E-state index contributed by atoms with van der Waals surface area (Å²) >= 11 is 4.46. The number of hydrogen-bond donors (Lipinski definition) is 2. The summed E-state index contributed by atoms with van der Waals surface area (Å²) in [4.78, 5) is 22.5. The first kappa shape index (κ1) is 19.1. The van der Waals surface area contributed by atoms with Crippen LogP contribution in [0.15, 0.2) is 46.1 Å². The van der Waals surface area contributed by atoms with Crippen molar-refractivity contribution in [1.82, 2.24) is 4.98 Å². The minimum Gasteiger partial charge on any atom is -0.379 e. The lowest BCUT2D eigenvalue weighted by Crippen LogP contribution is -2.29. The average molecular weight is 433 g/mol. The molecule has 5 nitrogen and oxygen atoms in total. The van der Waals surface area contributed by atoms with Gasteiger partial charge in [0.25, 0.3) is 5.91 Å². The molecule has 3 heterocycles. The van der Waals surface area contributed by atoms with E-state index in [1.165, 1.54) is 35.2 Å². The van der Waals surface area contributed by atoms with Crippen molar-refractivity contribution in [3.8, 4) is 9.88 Å². The van der Waals surface area contributed by atoms with E-state index in [1.54, 1.807) is 22.8 Å². The molecule has 4 rings (SSSR count). The molecule has 0 radical (unpaired) electrons. The molecule has 1 atom stereocenters. The number of thiazole rings is 1. The van der Waals surface area contributed by atoms with E-state index in [4.69, 9.17) is 5.73 Å². The number of rotatable bonds is 4. The molecule has 1 aliphatic rings. The van der Waals surface area contributed by atoms with E-state index >= 15 is 0 Å². The Labute approximate surface area is 173 Å². The summed E-state index contributed by atoms with van der Waals surface area (Å²) in [7, 11) is 0. The zero-order valence-electron chi connectivity index (χ0n) is 14.9. The van der Waals surface area contributed by atoms with Gasteiger partial charge in [0.05, 0.1) is 10.4 Å². The second kappa shape index (κ2) is 7.65. The first-order chi connectivity index (χ1) is 13.4. The number of nitrogens with zero attached hydrogens (tertiary/aromatic N) is 2. The van der Waals surface area contributed by atoms with E-state index in [-0.39, 0.29) is 11.7 Å². The molecule has 1 amide bonds. The van der Waals surface area contributed by atoms with Crippen LogP contribution < -0.4 is 11.1 Å². The third kappa shape index (κ3) is 3.82. The van der Waals surface area contributed by atoms with Gasteiger partial charge < -0.3 is 11.1 Å². The van der Waals surface area contributed by atoms with Gasteiger partial charge in [0.1, 0.15) is 16.5 Å². The smallest absolute Gasteiger partial charge is 0.275 e. The van der Waals surface area contributed by atoms with Crippen molar-refractivity contribution in [2.24, 2.45) is 10.7 Å². The van der Waals surface area contributed by atoms with Crippen LogP contribution in [-0.4, -0.2) is 21.8 Å². The van der Waals surface area contributed by atoms with Crippen LogP contribution in [0.1, 0.15) is 29.4 Å². The number of carbonyl (C=O) groups excluding carboxylic acids is 1. The van der Waals surface area contributed by atoms with Crippen molar-refractivity contribution in [2.45, 2.75) is 18.9 Å². The highest BCUT2D eigenvalue weighted by Gasteiger charge is 2.32. The molecular formula is C19H17FN4OS3. The third-order valence-corrected chi connectivity index (χ3v) is 7.15. The number of halogens is 1. The molecule has 3 N–H and O–H groups in total. The van der Waals surface area contributed by atoms with Gasteiger partial charge in [0.15, 0.2) is 5.17 Å². The normalized spacial score (nSPS) is 19.3. The Morgan fingerprint density at radius 3 is 2.93 bits per heavy atom. The molecule has 1 aromatic carbocycles. The van der Waals surface area contributed by atoms with Crippen molar-refractivity contribution < 1.29 is 9.18 Å². The van der Waals surface area contributed by atoms with Crippen LogP contribution in [0.3, 0.4) is 0 Å². The second-order valence-corrected chi connectivity index (χ2v) is 9.41. The highest BCUT2D eigenvalue weighted by Crippen LogP contribution is 2.37.